The zero-order valence-electron chi connectivity index (χ0n) is 13.3. The molecule has 1 aromatic heterocycles. The minimum atomic E-state index is -0.340. The Morgan fingerprint density at radius 1 is 1.00 bits per heavy atom. The lowest BCUT2D eigenvalue weighted by molar-refractivity contribution is 0.102. The van der Waals surface area contributed by atoms with Gasteiger partial charge in [0.15, 0.2) is 0 Å². The third kappa shape index (κ3) is 4.12. The quantitative estimate of drug-likeness (QED) is 0.645. The number of pyridine rings is 1. The van der Waals surface area contributed by atoms with Crippen LogP contribution in [0.3, 0.4) is 0 Å². The zero-order valence-corrected chi connectivity index (χ0v) is 14.8. The number of para-hydroxylation sites is 1. The minimum absolute atomic E-state index is 0.340. The smallest absolute Gasteiger partial charge is 0.257 e. The van der Waals surface area contributed by atoms with E-state index in [0.717, 1.165) is 0 Å². The van der Waals surface area contributed by atoms with E-state index in [-0.39, 0.29) is 5.91 Å². The first kappa shape index (κ1) is 17.7. The fourth-order valence-electron chi connectivity index (χ4n) is 2.25. The molecule has 2 aromatic carbocycles. The Kier molecular flexibility index (Phi) is 5.37. The molecule has 7 heteroatoms. The van der Waals surface area contributed by atoms with Crippen molar-refractivity contribution in [1.82, 2.24) is 4.98 Å². The van der Waals surface area contributed by atoms with E-state index in [1.54, 1.807) is 48.7 Å². The standard InChI is InChI=1S/C19H12Cl2N4O/c20-16-6-5-14(8-17(16)21)25-19(26)13-7-15(11-23-10-13)24-18-4-2-1-3-12(18)9-22/h1-8,10-11,24H,(H,25,26). The first-order valence-electron chi connectivity index (χ1n) is 7.54. The SMILES string of the molecule is N#Cc1ccccc1Nc1cncc(C(=O)Nc2ccc(Cl)c(Cl)c2)c1. The van der Waals surface area contributed by atoms with E-state index in [4.69, 9.17) is 28.5 Å². The number of amides is 1. The average Bonchev–Trinajstić information content (AvgIpc) is 2.65. The molecule has 0 saturated carbocycles. The van der Waals surface area contributed by atoms with Crippen LogP contribution in [-0.4, -0.2) is 10.9 Å². The summed E-state index contributed by atoms with van der Waals surface area (Å²) >= 11 is 11.8. The van der Waals surface area contributed by atoms with Crippen molar-refractivity contribution >= 4 is 46.2 Å². The first-order chi connectivity index (χ1) is 12.6. The second-order valence-corrected chi connectivity index (χ2v) is 6.14. The maximum Gasteiger partial charge on any atom is 0.257 e. The Labute approximate surface area is 160 Å². The molecule has 0 fully saturated rings. The van der Waals surface area contributed by atoms with Gasteiger partial charge >= 0.3 is 0 Å². The number of hydrogen-bond acceptors (Lipinski definition) is 4. The Balaban J connectivity index is 1.79. The largest absolute Gasteiger partial charge is 0.353 e. The molecule has 128 valence electrons. The Hall–Kier alpha value is -3.07. The highest BCUT2D eigenvalue weighted by Crippen LogP contribution is 2.25. The molecule has 1 amide bonds. The Bertz CT molecular complexity index is 1010. The summed E-state index contributed by atoms with van der Waals surface area (Å²) < 4.78 is 0. The molecule has 0 unspecified atom stereocenters. The fourth-order valence-corrected chi connectivity index (χ4v) is 2.55. The normalized spacial score (nSPS) is 10.0. The lowest BCUT2D eigenvalue weighted by Gasteiger charge is -2.10. The van der Waals surface area contributed by atoms with E-state index in [2.05, 4.69) is 21.7 Å². The molecule has 0 atom stereocenters. The number of carbonyl (C=O) groups excluding carboxylic acids is 1. The molecular weight excluding hydrogens is 371 g/mol. The van der Waals surface area contributed by atoms with Crippen molar-refractivity contribution in [2.75, 3.05) is 10.6 Å². The molecule has 0 aliphatic rings. The van der Waals surface area contributed by atoms with Gasteiger partial charge in [-0.05, 0) is 36.4 Å². The summed E-state index contributed by atoms with van der Waals surface area (Å²) in [4.78, 5) is 16.5. The van der Waals surface area contributed by atoms with E-state index >= 15 is 0 Å². The van der Waals surface area contributed by atoms with Gasteiger partial charge in [-0.3, -0.25) is 9.78 Å². The van der Waals surface area contributed by atoms with Crippen LogP contribution in [0.1, 0.15) is 15.9 Å². The number of carbonyl (C=O) groups is 1. The van der Waals surface area contributed by atoms with Gasteiger partial charge in [0.25, 0.3) is 5.91 Å². The fraction of sp³-hybridized carbons (Fsp3) is 0. The number of hydrogen-bond donors (Lipinski definition) is 2. The van der Waals surface area contributed by atoms with Crippen molar-refractivity contribution in [2.24, 2.45) is 0 Å². The topological polar surface area (TPSA) is 77.8 Å². The van der Waals surface area contributed by atoms with Crippen molar-refractivity contribution in [1.29, 1.82) is 5.26 Å². The Morgan fingerprint density at radius 2 is 1.81 bits per heavy atom. The monoisotopic (exact) mass is 382 g/mol. The van der Waals surface area contributed by atoms with Crippen LogP contribution in [0.4, 0.5) is 17.1 Å². The van der Waals surface area contributed by atoms with E-state index in [0.29, 0.717) is 38.2 Å². The predicted octanol–water partition coefficient (Wildman–Crippen LogP) is 5.26. The van der Waals surface area contributed by atoms with Crippen LogP contribution in [0, 0.1) is 11.3 Å². The third-order valence-corrected chi connectivity index (χ3v) is 4.24. The Morgan fingerprint density at radius 3 is 2.58 bits per heavy atom. The molecule has 2 N–H and O–H groups in total. The first-order valence-corrected chi connectivity index (χ1v) is 8.30. The highest BCUT2D eigenvalue weighted by atomic mass is 35.5. The van der Waals surface area contributed by atoms with Crippen LogP contribution < -0.4 is 10.6 Å². The van der Waals surface area contributed by atoms with Crippen LogP contribution in [0.5, 0.6) is 0 Å². The molecule has 5 nitrogen and oxygen atoms in total. The summed E-state index contributed by atoms with van der Waals surface area (Å²) in [5, 5.41) is 15.8. The second kappa shape index (κ2) is 7.87. The number of nitrogens with zero attached hydrogens (tertiary/aromatic N) is 2. The number of nitriles is 1. The third-order valence-electron chi connectivity index (χ3n) is 3.50. The van der Waals surface area contributed by atoms with Crippen LogP contribution >= 0.6 is 23.2 Å². The molecule has 3 rings (SSSR count). The van der Waals surface area contributed by atoms with E-state index in [1.807, 2.05) is 6.07 Å². The molecule has 0 aliphatic heterocycles. The van der Waals surface area contributed by atoms with Gasteiger partial charge in [0.2, 0.25) is 0 Å². The summed E-state index contributed by atoms with van der Waals surface area (Å²) in [5.74, 6) is -0.340. The van der Waals surface area contributed by atoms with Gasteiger partial charge in [0.05, 0.1) is 38.7 Å². The molecule has 0 spiro atoms. The van der Waals surface area contributed by atoms with Crippen molar-refractivity contribution in [3.8, 4) is 6.07 Å². The number of rotatable bonds is 4. The second-order valence-electron chi connectivity index (χ2n) is 5.33. The summed E-state index contributed by atoms with van der Waals surface area (Å²) in [6.07, 6.45) is 3.03. The van der Waals surface area contributed by atoms with E-state index in [9.17, 15) is 4.79 Å². The van der Waals surface area contributed by atoms with Gasteiger partial charge < -0.3 is 10.6 Å². The van der Waals surface area contributed by atoms with E-state index < -0.39 is 0 Å². The molecule has 26 heavy (non-hydrogen) atoms. The summed E-state index contributed by atoms with van der Waals surface area (Å²) in [6.45, 7) is 0. The van der Waals surface area contributed by atoms with Gasteiger partial charge in [-0.25, -0.2) is 0 Å². The highest BCUT2D eigenvalue weighted by molar-refractivity contribution is 6.42. The molecule has 0 aliphatic carbocycles. The lowest BCUT2D eigenvalue weighted by Crippen LogP contribution is -2.12. The van der Waals surface area contributed by atoms with Crippen molar-refractivity contribution in [3.05, 3.63) is 82.1 Å². The molecular formula is C19H12Cl2N4O. The van der Waals surface area contributed by atoms with Gasteiger partial charge in [0.1, 0.15) is 6.07 Å². The minimum Gasteiger partial charge on any atom is -0.353 e. The summed E-state index contributed by atoms with van der Waals surface area (Å²) in [7, 11) is 0. The van der Waals surface area contributed by atoms with Gasteiger partial charge in [-0.15, -0.1) is 0 Å². The molecule has 1 heterocycles. The number of benzene rings is 2. The van der Waals surface area contributed by atoms with Crippen molar-refractivity contribution < 1.29 is 4.79 Å². The van der Waals surface area contributed by atoms with Crippen LogP contribution in [0.15, 0.2) is 60.9 Å². The number of aromatic nitrogens is 1. The predicted molar refractivity (Wildman–Crippen MR) is 103 cm³/mol. The van der Waals surface area contributed by atoms with E-state index in [1.165, 1.54) is 6.20 Å². The van der Waals surface area contributed by atoms with Crippen molar-refractivity contribution in [3.63, 3.8) is 0 Å². The van der Waals surface area contributed by atoms with Crippen LogP contribution in [-0.2, 0) is 0 Å². The van der Waals surface area contributed by atoms with Gasteiger partial charge in [-0.2, -0.15) is 5.26 Å². The maximum atomic E-state index is 12.4. The van der Waals surface area contributed by atoms with Gasteiger partial charge in [0, 0.05) is 11.9 Å². The van der Waals surface area contributed by atoms with Crippen molar-refractivity contribution in [2.45, 2.75) is 0 Å². The van der Waals surface area contributed by atoms with Crippen LogP contribution in [0.2, 0.25) is 10.0 Å². The average molecular weight is 383 g/mol. The summed E-state index contributed by atoms with van der Waals surface area (Å²) in [5.41, 5.74) is 2.61. The highest BCUT2D eigenvalue weighted by Gasteiger charge is 2.10. The molecule has 0 saturated heterocycles. The zero-order chi connectivity index (χ0) is 18.5. The lowest BCUT2D eigenvalue weighted by atomic mass is 10.2. The number of halogens is 2. The molecule has 0 radical (unpaired) electrons. The van der Waals surface area contributed by atoms with Crippen LogP contribution in [0.25, 0.3) is 0 Å². The summed E-state index contributed by atoms with van der Waals surface area (Å²) in [6, 6.07) is 15.7. The molecule has 3 aromatic rings. The number of nitrogens with one attached hydrogen (secondary N) is 2. The maximum absolute atomic E-state index is 12.4. The molecule has 0 bridgehead atoms. The number of anilines is 3. The van der Waals surface area contributed by atoms with Gasteiger partial charge in [-0.1, -0.05) is 35.3 Å².